The molecule has 5 rings (SSSR count). The summed E-state index contributed by atoms with van der Waals surface area (Å²) in [6.07, 6.45) is 1.96. The Labute approximate surface area is 198 Å². The van der Waals surface area contributed by atoms with E-state index in [0.717, 1.165) is 54.5 Å². The van der Waals surface area contributed by atoms with E-state index < -0.39 is 0 Å². The predicted molar refractivity (Wildman–Crippen MR) is 133 cm³/mol. The Morgan fingerprint density at radius 2 is 1.82 bits per heavy atom. The van der Waals surface area contributed by atoms with Crippen LogP contribution in [0.4, 0.5) is 0 Å². The Hall–Kier alpha value is -3.16. The molecule has 3 aromatic rings. The zero-order chi connectivity index (χ0) is 22.8. The molecule has 0 radical (unpaired) electrons. The van der Waals surface area contributed by atoms with Crippen LogP contribution < -0.4 is 4.74 Å². The Bertz CT molecular complexity index is 1150. The lowest BCUT2D eigenvalue weighted by Crippen LogP contribution is -2.45. The highest BCUT2D eigenvalue weighted by Crippen LogP contribution is 2.34. The normalized spacial score (nSPS) is 17.7. The van der Waals surface area contributed by atoms with Crippen molar-refractivity contribution in [1.29, 1.82) is 5.41 Å². The molecule has 1 saturated heterocycles. The average molecular weight is 461 g/mol. The molecule has 2 aliphatic rings. The number of methoxy groups -OCH3 is 1. The summed E-state index contributed by atoms with van der Waals surface area (Å²) in [4.78, 5) is 9.24. The summed E-state index contributed by atoms with van der Waals surface area (Å²) in [6.45, 7) is 3.28. The van der Waals surface area contributed by atoms with Gasteiger partial charge in [0, 0.05) is 36.6 Å². The third-order valence-corrected chi connectivity index (χ3v) is 7.34. The van der Waals surface area contributed by atoms with E-state index in [1.165, 1.54) is 16.9 Å². The minimum atomic E-state index is 0.259. The number of piperidine rings is 1. The first-order valence-electron chi connectivity index (χ1n) is 11.3. The van der Waals surface area contributed by atoms with E-state index in [-0.39, 0.29) is 11.8 Å². The van der Waals surface area contributed by atoms with Gasteiger partial charge in [-0.25, -0.2) is 4.98 Å². The fraction of sp³-hybridized carbons (Fsp3) is 0.308. The molecule has 2 aliphatic heterocycles. The third kappa shape index (κ3) is 4.51. The number of aromatic nitrogens is 1. The maximum absolute atomic E-state index is 10.7. The van der Waals surface area contributed by atoms with Crippen molar-refractivity contribution in [2.24, 2.45) is 0 Å². The third-order valence-electron chi connectivity index (χ3n) is 6.48. The molecule has 2 aromatic carbocycles. The number of aliphatic hydroxyl groups is 1. The van der Waals surface area contributed by atoms with E-state index in [0.29, 0.717) is 18.0 Å². The summed E-state index contributed by atoms with van der Waals surface area (Å²) in [7, 11) is 1.69. The topological polar surface area (TPSA) is 72.7 Å². The maximum atomic E-state index is 10.7. The van der Waals surface area contributed by atoms with Crippen molar-refractivity contribution >= 4 is 22.7 Å². The second-order valence-electron chi connectivity index (χ2n) is 8.56. The molecule has 0 aliphatic carbocycles. The molecule has 0 saturated carbocycles. The number of aliphatic hydroxyl groups excluding tert-OH is 1. The van der Waals surface area contributed by atoms with E-state index in [1.807, 2.05) is 47.8 Å². The average Bonchev–Trinajstić information content (AvgIpc) is 3.45. The molecule has 1 fully saturated rings. The van der Waals surface area contributed by atoms with Gasteiger partial charge in [-0.15, -0.1) is 11.3 Å². The van der Waals surface area contributed by atoms with Gasteiger partial charge in [-0.3, -0.25) is 10.3 Å². The largest absolute Gasteiger partial charge is 0.510 e. The Morgan fingerprint density at radius 1 is 1.09 bits per heavy atom. The van der Waals surface area contributed by atoms with Crippen LogP contribution in [0.5, 0.6) is 5.75 Å². The van der Waals surface area contributed by atoms with Crippen LogP contribution in [-0.4, -0.2) is 58.5 Å². The second-order valence-corrected chi connectivity index (χ2v) is 9.42. The smallest absolute Gasteiger partial charge is 0.135 e. The van der Waals surface area contributed by atoms with Crippen molar-refractivity contribution in [3.05, 3.63) is 76.3 Å². The first-order valence-corrected chi connectivity index (χ1v) is 12.1. The van der Waals surface area contributed by atoms with Crippen molar-refractivity contribution in [2.75, 3.05) is 26.7 Å². The highest BCUT2D eigenvalue weighted by Gasteiger charge is 2.35. The SMILES string of the molecule is COc1ccc(CN2CCC(N3CC(O)=C(c4nc(-c5ccccc5)cs4)C3=N)CC2)cc1. The second kappa shape index (κ2) is 9.37. The first kappa shape index (κ1) is 21.7. The number of benzene rings is 2. The number of nitrogens with zero attached hydrogens (tertiary/aromatic N) is 3. The summed E-state index contributed by atoms with van der Waals surface area (Å²) < 4.78 is 5.25. The van der Waals surface area contributed by atoms with Gasteiger partial charge in [0.1, 0.15) is 22.4 Å². The molecular formula is C26H28N4O2S. The summed E-state index contributed by atoms with van der Waals surface area (Å²) in [6, 6.07) is 18.5. The summed E-state index contributed by atoms with van der Waals surface area (Å²) in [5.74, 6) is 1.54. The summed E-state index contributed by atoms with van der Waals surface area (Å²) in [5.41, 5.74) is 3.80. The molecule has 1 aromatic heterocycles. The minimum Gasteiger partial charge on any atom is -0.510 e. The number of rotatable bonds is 6. The van der Waals surface area contributed by atoms with Crippen LogP contribution in [0.25, 0.3) is 16.8 Å². The Morgan fingerprint density at radius 3 is 2.52 bits per heavy atom. The molecule has 0 bridgehead atoms. The van der Waals surface area contributed by atoms with Gasteiger partial charge >= 0.3 is 0 Å². The lowest BCUT2D eigenvalue weighted by atomic mass is 10.0. The molecule has 0 atom stereocenters. The zero-order valence-corrected chi connectivity index (χ0v) is 19.5. The standard InChI is InChI=1S/C26H28N4O2S/c1-32-21-9-7-18(8-10-21)15-29-13-11-20(12-14-29)30-16-23(31)24(25(30)27)26-28-22(17-33-26)19-5-3-2-4-6-19/h2-10,17,20,27,31H,11-16H2,1H3. The molecule has 0 amide bonds. The molecule has 170 valence electrons. The Balaban J connectivity index is 1.21. The summed E-state index contributed by atoms with van der Waals surface area (Å²) in [5, 5.41) is 22.2. The Kier molecular flexibility index (Phi) is 6.15. The lowest BCUT2D eigenvalue weighted by molar-refractivity contribution is 0.149. The van der Waals surface area contributed by atoms with E-state index >= 15 is 0 Å². The molecule has 7 heteroatoms. The van der Waals surface area contributed by atoms with Gasteiger partial charge in [-0.1, -0.05) is 42.5 Å². The van der Waals surface area contributed by atoms with Gasteiger partial charge in [0.25, 0.3) is 0 Å². The van der Waals surface area contributed by atoms with Crippen LogP contribution in [0.1, 0.15) is 23.4 Å². The van der Waals surface area contributed by atoms with Gasteiger partial charge < -0.3 is 14.7 Å². The number of hydrogen-bond acceptors (Lipinski definition) is 6. The fourth-order valence-electron chi connectivity index (χ4n) is 4.64. The van der Waals surface area contributed by atoms with Gasteiger partial charge in [0.05, 0.1) is 24.9 Å². The first-order chi connectivity index (χ1) is 16.1. The quantitative estimate of drug-likeness (QED) is 0.539. The van der Waals surface area contributed by atoms with Gasteiger partial charge in [0.15, 0.2) is 0 Å². The van der Waals surface area contributed by atoms with Gasteiger partial charge in [0.2, 0.25) is 0 Å². The minimum absolute atomic E-state index is 0.259. The van der Waals surface area contributed by atoms with Crippen LogP contribution in [0, 0.1) is 5.41 Å². The summed E-state index contributed by atoms with van der Waals surface area (Å²) >= 11 is 1.49. The molecule has 0 unspecified atom stereocenters. The van der Waals surface area contributed by atoms with E-state index in [1.54, 1.807) is 7.11 Å². The van der Waals surface area contributed by atoms with E-state index in [4.69, 9.17) is 15.1 Å². The van der Waals surface area contributed by atoms with Crippen molar-refractivity contribution < 1.29 is 9.84 Å². The molecular weight excluding hydrogens is 432 g/mol. The number of nitrogens with one attached hydrogen (secondary N) is 1. The predicted octanol–water partition coefficient (Wildman–Crippen LogP) is 5.05. The van der Waals surface area contributed by atoms with Crippen LogP contribution in [0.15, 0.2) is 65.7 Å². The van der Waals surface area contributed by atoms with Gasteiger partial charge in [-0.2, -0.15) is 0 Å². The van der Waals surface area contributed by atoms with Crippen molar-refractivity contribution in [3.63, 3.8) is 0 Å². The van der Waals surface area contributed by atoms with E-state index in [2.05, 4.69) is 21.9 Å². The van der Waals surface area contributed by atoms with Gasteiger partial charge in [-0.05, 0) is 30.5 Å². The number of amidine groups is 1. The van der Waals surface area contributed by atoms with Crippen molar-refractivity contribution in [1.82, 2.24) is 14.8 Å². The fourth-order valence-corrected chi connectivity index (χ4v) is 5.54. The van der Waals surface area contributed by atoms with Crippen LogP contribution >= 0.6 is 11.3 Å². The maximum Gasteiger partial charge on any atom is 0.135 e. The monoisotopic (exact) mass is 460 g/mol. The molecule has 2 N–H and O–H groups in total. The number of likely N-dealkylation sites (tertiary alicyclic amines) is 1. The van der Waals surface area contributed by atoms with Crippen LogP contribution in [-0.2, 0) is 6.54 Å². The zero-order valence-electron chi connectivity index (χ0n) is 18.7. The van der Waals surface area contributed by atoms with Crippen molar-refractivity contribution in [3.8, 4) is 17.0 Å². The lowest BCUT2D eigenvalue weighted by Gasteiger charge is -2.37. The molecule has 6 nitrogen and oxygen atoms in total. The van der Waals surface area contributed by atoms with Crippen LogP contribution in [0.3, 0.4) is 0 Å². The number of thiazole rings is 1. The van der Waals surface area contributed by atoms with Crippen LogP contribution in [0.2, 0.25) is 0 Å². The highest BCUT2D eigenvalue weighted by molar-refractivity contribution is 7.11. The number of ether oxygens (including phenoxy) is 1. The van der Waals surface area contributed by atoms with E-state index in [9.17, 15) is 5.11 Å². The van der Waals surface area contributed by atoms with Crippen molar-refractivity contribution in [2.45, 2.75) is 25.4 Å². The molecule has 33 heavy (non-hydrogen) atoms. The molecule has 0 spiro atoms. The highest BCUT2D eigenvalue weighted by atomic mass is 32.1. The molecule has 3 heterocycles. The number of hydrogen-bond donors (Lipinski definition) is 2.